The van der Waals surface area contributed by atoms with Crippen LogP contribution in [0.25, 0.3) is 0 Å². The van der Waals surface area contributed by atoms with Gasteiger partial charge in [-0.2, -0.15) is 0 Å². The predicted molar refractivity (Wildman–Crippen MR) is 70.5 cm³/mol. The highest BCUT2D eigenvalue weighted by Crippen LogP contribution is 2.14. The fraction of sp³-hybridized carbons (Fsp3) is 0.417. The molecule has 20 heavy (non-hydrogen) atoms. The topological polar surface area (TPSA) is 75.3 Å². The number of amides is 1. The molecule has 2 N–H and O–H groups in total. The molecule has 112 valence electrons. The molecule has 8 heteroatoms. The van der Waals surface area contributed by atoms with E-state index < -0.39 is 39.4 Å². The summed E-state index contributed by atoms with van der Waals surface area (Å²) in [5.74, 6) is -2.86. The molecule has 1 rings (SSSR count). The molecule has 0 bridgehead atoms. The van der Waals surface area contributed by atoms with E-state index in [4.69, 9.17) is 0 Å². The average molecular weight is 306 g/mol. The zero-order valence-corrected chi connectivity index (χ0v) is 11.9. The van der Waals surface area contributed by atoms with E-state index in [2.05, 4.69) is 5.32 Å². The molecule has 5 nitrogen and oxygen atoms in total. The van der Waals surface area contributed by atoms with Crippen molar-refractivity contribution in [2.45, 2.75) is 19.4 Å². The van der Waals surface area contributed by atoms with E-state index in [0.29, 0.717) is 0 Å². The standard InChI is InChI=1S/C12H16F2N2O3S/c1-8(16-12(17)7-20(18,19)15-2)6-9-10(13)4-3-5-11(9)14/h3-5,8,15H,6-7H2,1-2H3,(H,16,17)/t8-/m1/s1. The molecule has 0 fully saturated rings. The summed E-state index contributed by atoms with van der Waals surface area (Å²) in [5, 5.41) is 2.38. The second-order valence-electron chi connectivity index (χ2n) is 4.34. The Labute approximate surface area is 116 Å². The number of halogens is 2. The number of carbonyl (C=O) groups excluding carboxylic acids is 1. The molecule has 1 aromatic carbocycles. The summed E-state index contributed by atoms with van der Waals surface area (Å²) >= 11 is 0. The minimum Gasteiger partial charge on any atom is -0.352 e. The van der Waals surface area contributed by atoms with Gasteiger partial charge >= 0.3 is 0 Å². The first-order chi connectivity index (χ1) is 9.25. The fourth-order valence-electron chi connectivity index (χ4n) is 1.65. The van der Waals surface area contributed by atoms with E-state index in [1.807, 2.05) is 4.72 Å². The predicted octanol–water partition coefficient (Wildman–Crippen LogP) is 0.561. The number of benzene rings is 1. The van der Waals surface area contributed by atoms with Gasteiger partial charge in [0.2, 0.25) is 15.9 Å². The monoisotopic (exact) mass is 306 g/mol. The second-order valence-corrected chi connectivity index (χ2v) is 6.26. The number of hydrogen-bond donors (Lipinski definition) is 2. The number of sulfonamides is 1. The van der Waals surface area contributed by atoms with Gasteiger partial charge in [-0.3, -0.25) is 4.79 Å². The third-order valence-electron chi connectivity index (χ3n) is 2.61. The van der Waals surface area contributed by atoms with Crippen LogP contribution in [0.4, 0.5) is 8.78 Å². The molecule has 0 saturated carbocycles. The maximum absolute atomic E-state index is 13.4. The summed E-state index contributed by atoms with van der Waals surface area (Å²) in [5.41, 5.74) is -0.142. The molecule has 0 aliphatic carbocycles. The first-order valence-corrected chi connectivity index (χ1v) is 7.54. The molecule has 0 saturated heterocycles. The van der Waals surface area contributed by atoms with Gasteiger partial charge in [-0.25, -0.2) is 21.9 Å². The number of nitrogens with one attached hydrogen (secondary N) is 2. The van der Waals surface area contributed by atoms with Gasteiger partial charge in [0, 0.05) is 11.6 Å². The van der Waals surface area contributed by atoms with Crippen molar-refractivity contribution in [1.29, 1.82) is 0 Å². The highest BCUT2D eigenvalue weighted by molar-refractivity contribution is 7.90. The molecule has 0 aromatic heterocycles. The molecule has 0 radical (unpaired) electrons. The third-order valence-corrected chi connectivity index (χ3v) is 3.88. The summed E-state index contributed by atoms with van der Waals surface area (Å²) in [7, 11) is -2.47. The fourth-order valence-corrected chi connectivity index (χ4v) is 2.22. The lowest BCUT2D eigenvalue weighted by Gasteiger charge is -2.15. The zero-order valence-electron chi connectivity index (χ0n) is 11.1. The van der Waals surface area contributed by atoms with Crippen LogP contribution in [0.5, 0.6) is 0 Å². The Bertz CT molecular complexity index is 570. The van der Waals surface area contributed by atoms with Crippen molar-refractivity contribution in [2.75, 3.05) is 12.8 Å². The van der Waals surface area contributed by atoms with Crippen LogP contribution in [0.1, 0.15) is 12.5 Å². The highest BCUT2D eigenvalue weighted by atomic mass is 32.2. The van der Waals surface area contributed by atoms with Crippen LogP contribution in [-0.2, 0) is 21.2 Å². The molecule has 1 atom stereocenters. The van der Waals surface area contributed by atoms with Crippen LogP contribution in [-0.4, -0.2) is 33.2 Å². The van der Waals surface area contributed by atoms with Crippen molar-refractivity contribution in [1.82, 2.24) is 10.0 Å². The van der Waals surface area contributed by atoms with Crippen LogP contribution in [0.15, 0.2) is 18.2 Å². The van der Waals surface area contributed by atoms with Gasteiger partial charge in [-0.05, 0) is 32.5 Å². The summed E-state index contributed by atoms with van der Waals surface area (Å²) in [6.07, 6.45) is -0.0656. The summed E-state index contributed by atoms with van der Waals surface area (Å²) < 4.78 is 51.2. The van der Waals surface area contributed by atoms with Crippen LogP contribution in [0, 0.1) is 11.6 Å². The molecule has 0 unspecified atom stereocenters. The first kappa shape index (κ1) is 16.5. The van der Waals surface area contributed by atoms with Gasteiger partial charge in [0.1, 0.15) is 17.4 Å². The second kappa shape index (κ2) is 6.76. The van der Waals surface area contributed by atoms with Crippen LogP contribution >= 0.6 is 0 Å². The van der Waals surface area contributed by atoms with E-state index in [1.54, 1.807) is 0 Å². The van der Waals surface area contributed by atoms with Crippen LogP contribution in [0.2, 0.25) is 0 Å². The third kappa shape index (κ3) is 4.86. The van der Waals surface area contributed by atoms with Crippen LogP contribution < -0.4 is 10.0 Å². The van der Waals surface area contributed by atoms with E-state index in [9.17, 15) is 22.0 Å². The van der Waals surface area contributed by atoms with E-state index in [-0.39, 0.29) is 12.0 Å². The molecule has 0 spiro atoms. The number of carbonyl (C=O) groups is 1. The van der Waals surface area contributed by atoms with E-state index in [1.165, 1.54) is 20.0 Å². The van der Waals surface area contributed by atoms with Crippen molar-refractivity contribution >= 4 is 15.9 Å². The average Bonchev–Trinajstić information content (AvgIpc) is 2.33. The maximum Gasteiger partial charge on any atom is 0.236 e. The minimum atomic E-state index is -3.66. The van der Waals surface area contributed by atoms with Crippen molar-refractivity contribution < 1.29 is 22.0 Å². The first-order valence-electron chi connectivity index (χ1n) is 5.88. The Morgan fingerprint density at radius 2 is 1.85 bits per heavy atom. The summed E-state index contributed by atoms with van der Waals surface area (Å²) in [4.78, 5) is 11.5. The van der Waals surface area contributed by atoms with Gasteiger partial charge in [-0.1, -0.05) is 6.07 Å². The van der Waals surface area contributed by atoms with Gasteiger partial charge in [-0.15, -0.1) is 0 Å². The molecule has 0 heterocycles. The lowest BCUT2D eigenvalue weighted by atomic mass is 10.1. The molecule has 1 aromatic rings. The molecular formula is C12H16F2N2O3S. The summed E-state index contributed by atoms with van der Waals surface area (Å²) in [6, 6.07) is 2.90. The lowest BCUT2D eigenvalue weighted by Crippen LogP contribution is -2.40. The largest absolute Gasteiger partial charge is 0.352 e. The Morgan fingerprint density at radius 1 is 1.30 bits per heavy atom. The van der Waals surface area contributed by atoms with Gasteiger partial charge in [0.15, 0.2) is 0 Å². The normalized spacial score (nSPS) is 13.0. The van der Waals surface area contributed by atoms with Gasteiger partial charge in [0.25, 0.3) is 0 Å². The van der Waals surface area contributed by atoms with Crippen molar-refractivity contribution in [3.05, 3.63) is 35.4 Å². The van der Waals surface area contributed by atoms with Crippen LogP contribution in [0.3, 0.4) is 0 Å². The highest BCUT2D eigenvalue weighted by Gasteiger charge is 2.18. The van der Waals surface area contributed by atoms with Gasteiger partial charge in [0.05, 0.1) is 0 Å². The smallest absolute Gasteiger partial charge is 0.236 e. The SMILES string of the molecule is CNS(=O)(=O)CC(=O)N[C@H](C)Cc1c(F)cccc1F. The Morgan fingerprint density at radius 3 is 2.35 bits per heavy atom. The molecule has 1 amide bonds. The van der Waals surface area contributed by atoms with Gasteiger partial charge < -0.3 is 5.32 Å². The minimum absolute atomic E-state index is 0.0656. The maximum atomic E-state index is 13.4. The number of rotatable bonds is 6. The quantitative estimate of drug-likeness (QED) is 0.806. The van der Waals surface area contributed by atoms with Crippen molar-refractivity contribution in [2.24, 2.45) is 0 Å². The Balaban J connectivity index is 2.64. The van der Waals surface area contributed by atoms with Crippen molar-refractivity contribution in [3.8, 4) is 0 Å². The molecular weight excluding hydrogens is 290 g/mol. The zero-order chi connectivity index (χ0) is 15.3. The van der Waals surface area contributed by atoms with E-state index in [0.717, 1.165) is 12.1 Å². The van der Waals surface area contributed by atoms with Crippen molar-refractivity contribution in [3.63, 3.8) is 0 Å². The Kier molecular flexibility index (Phi) is 5.58. The Hall–Kier alpha value is -1.54. The molecule has 0 aliphatic heterocycles. The summed E-state index contributed by atoms with van der Waals surface area (Å²) in [6.45, 7) is 1.54. The van der Waals surface area contributed by atoms with E-state index >= 15 is 0 Å². The lowest BCUT2D eigenvalue weighted by molar-refractivity contribution is -0.119. The number of hydrogen-bond acceptors (Lipinski definition) is 3. The molecule has 0 aliphatic rings.